The highest BCUT2D eigenvalue weighted by atomic mass is 16.4. The second-order valence-corrected chi connectivity index (χ2v) is 6.41. The minimum Gasteiger partial charge on any atom is -0.419 e. The molecule has 4 heteroatoms. The Morgan fingerprint density at radius 3 is 2.60 bits per heavy atom. The van der Waals surface area contributed by atoms with Gasteiger partial charge in [-0.1, -0.05) is 55.0 Å². The number of benzene rings is 2. The van der Waals surface area contributed by atoms with Gasteiger partial charge in [0.15, 0.2) is 0 Å². The van der Waals surface area contributed by atoms with Gasteiger partial charge in [0.05, 0.1) is 0 Å². The molecule has 0 spiro atoms. The zero-order chi connectivity index (χ0) is 17.2. The van der Waals surface area contributed by atoms with Gasteiger partial charge in [-0.05, 0) is 31.0 Å². The summed E-state index contributed by atoms with van der Waals surface area (Å²) < 4.78 is 8.15. The highest BCUT2D eigenvalue weighted by Gasteiger charge is 2.16. The lowest BCUT2D eigenvalue weighted by Crippen LogP contribution is -2.01. The molecule has 0 saturated carbocycles. The Morgan fingerprint density at radius 2 is 1.80 bits per heavy atom. The van der Waals surface area contributed by atoms with Crippen LogP contribution >= 0.6 is 0 Å². The number of fused-ring (bicyclic) bond motifs is 1. The van der Waals surface area contributed by atoms with Gasteiger partial charge in [0, 0.05) is 23.9 Å². The lowest BCUT2D eigenvalue weighted by atomic mass is 10.1. The summed E-state index contributed by atoms with van der Waals surface area (Å²) in [6.07, 6.45) is 1.80. The van der Waals surface area contributed by atoms with Crippen LogP contribution in [0.2, 0.25) is 0 Å². The van der Waals surface area contributed by atoms with E-state index in [0.29, 0.717) is 11.8 Å². The molecule has 0 atom stereocenters. The van der Waals surface area contributed by atoms with Gasteiger partial charge in [-0.25, -0.2) is 0 Å². The van der Waals surface area contributed by atoms with Crippen molar-refractivity contribution in [2.75, 3.05) is 0 Å². The summed E-state index contributed by atoms with van der Waals surface area (Å²) in [5.74, 6) is 1.29. The number of hydrogen-bond donors (Lipinski definition) is 0. The van der Waals surface area contributed by atoms with Crippen molar-refractivity contribution < 1.29 is 4.42 Å². The zero-order valence-corrected chi connectivity index (χ0v) is 14.6. The van der Waals surface area contributed by atoms with Crippen molar-refractivity contribution in [3.05, 3.63) is 71.6 Å². The highest BCUT2D eigenvalue weighted by molar-refractivity contribution is 5.85. The highest BCUT2D eigenvalue weighted by Crippen LogP contribution is 2.28. The van der Waals surface area contributed by atoms with Gasteiger partial charge in [0.25, 0.3) is 5.89 Å². The van der Waals surface area contributed by atoms with E-state index in [1.54, 1.807) is 0 Å². The largest absolute Gasteiger partial charge is 0.419 e. The van der Waals surface area contributed by atoms with Crippen molar-refractivity contribution >= 4 is 10.9 Å². The van der Waals surface area contributed by atoms with E-state index in [-0.39, 0.29) is 0 Å². The van der Waals surface area contributed by atoms with Crippen molar-refractivity contribution in [1.29, 1.82) is 0 Å². The van der Waals surface area contributed by atoms with Crippen LogP contribution in [0.5, 0.6) is 0 Å². The molecule has 4 aromatic rings. The van der Waals surface area contributed by atoms with Crippen LogP contribution in [0.3, 0.4) is 0 Å². The molecule has 2 aromatic heterocycles. The topological polar surface area (TPSA) is 43.9 Å². The fourth-order valence-electron chi connectivity index (χ4n) is 3.11. The molecular formula is C21H21N3O. The number of aromatic nitrogens is 3. The van der Waals surface area contributed by atoms with Crippen LogP contribution in [0.4, 0.5) is 0 Å². The monoisotopic (exact) mass is 331 g/mol. The van der Waals surface area contributed by atoms with Gasteiger partial charge in [-0.15, -0.1) is 10.2 Å². The Kier molecular flexibility index (Phi) is 4.10. The fourth-order valence-corrected chi connectivity index (χ4v) is 3.11. The number of hydrogen-bond acceptors (Lipinski definition) is 3. The Morgan fingerprint density at radius 1 is 1.00 bits per heavy atom. The van der Waals surface area contributed by atoms with Crippen LogP contribution in [-0.4, -0.2) is 14.8 Å². The molecule has 2 heterocycles. The maximum absolute atomic E-state index is 5.89. The van der Waals surface area contributed by atoms with E-state index < -0.39 is 0 Å². The van der Waals surface area contributed by atoms with Gasteiger partial charge in [0.1, 0.15) is 5.69 Å². The maximum atomic E-state index is 5.89. The quantitative estimate of drug-likeness (QED) is 0.517. The second kappa shape index (κ2) is 6.55. The van der Waals surface area contributed by atoms with Crippen LogP contribution in [-0.2, 0) is 13.0 Å². The van der Waals surface area contributed by atoms with E-state index in [0.717, 1.165) is 25.1 Å². The van der Waals surface area contributed by atoms with Crippen molar-refractivity contribution in [3.63, 3.8) is 0 Å². The first-order valence-corrected chi connectivity index (χ1v) is 8.71. The Labute approximate surface area is 147 Å². The third-order valence-corrected chi connectivity index (χ3v) is 4.42. The van der Waals surface area contributed by atoms with Gasteiger partial charge >= 0.3 is 0 Å². The van der Waals surface area contributed by atoms with Crippen LogP contribution in [0.25, 0.3) is 22.5 Å². The number of para-hydroxylation sites is 1. The van der Waals surface area contributed by atoms with Crippen molar-refractivity contribution in [3.8, 4) is 11.6 Å². The molecule has 0 unspecified atom stereocenters. The number of rotatable bonds is 5. The molecule has 0 fully saturated rings. The first kappa shape index (κ1) is 15.6. The Balaban J connectivity index is 1.81. The molecule has 0 aliphatic rings. The third-order valence-electron chi connectivity index (χ3n) is 4.42. The predicted octanol–water partition coefficient (Wildman–Crippen LogP) is 5.00. The van der Waals surface area contributed by atoms with Crippen LogP contribution < -0.4 is 0 Å². The van der Waals surface area contributed by atoms with E-state index in [1.807, 2.05) is 0 Å². The van der Waals surface area contributed by atoms with E-state index in [1.165, 1.54) is 22.0 Å². The second-order valence-electron chi connectivity index (χ2n) is 6.41. The van der Waals surface area contributed by atoms with E-state index in [9.17, 15) is 0 Å². The number of aryl methyl sites for hydroxylation is 2. The zero-order valence-electron chi connectivity index (χ0n) is 14.6. The number of nitrogens with zero attached hydrogens (tertiary/aromatic N) is 3. The van der Waals surface area contributed by atoms with Crippen LogP contribution in [0.15, 0.2) is 59.0 Å². The summed E-state index contributed by atoms with van der Waals surface area (Å²) in [5.41, 5.74) is 4.66. The lowest BCUT2D eigenvalue weighted by Gasteiger charge is -2.09. The third kappa shape index (κ3) is 3.07. The first-order valence-electron chi connectivity index (χ1n) is 8.71. The van der Waals surface area contributed by atoms with Gasteiger partial charge in [0.2, 0.25) is 5.89 Å². The SMILES string of the molecule is CCCc1nnc(-c2cc3ccccc3n2Cc2ccc(C)cc2)o1. The van der Waals surface area contributed by atoms with Crippen LogP contribution in [0, 0.1) is 6.92 Å². The minimum atomic E-state index is 0.590. The standard InChI is InChI=1S/C21H21N3O/c1-3-6-20-22-23-21(25-20)19-13-17-7-4-5-8-18(17)24(19)14-16-11-9-15(2)10-12-16/h4-5,7-13H,3,6,14H2,1-2H3. The van der Waals surface area contributed by atoms with Crippen molar-refractivity contribution in [2.45, 2.75) is 33.2 Å². The van der Waals surface area contributed by atoms with Crippen molar-refractivity contribution in [2.24, 2.45) is 0 Å². The van der Waals surface area contributed by atoms with E-state index >= 15 is 0 Å². The summed E-state index contributed by atoms with van der Waals surface area (Å²) in [7, 11) is 0. The summed E-state index contributed by atoms with van der Waals surface area (Å²) >= 11 is 0. The molecular weight excluding hydrogens is 310 g/mol. The molecule has 0 aliphatic heterocycles. The first-order chi connectivity index (χ1) is 12.2. The summed E-state index contributed by atoms with van der Waals surface area (Å²) in [5, 5.41) is 9.64. The molecule has 0 amide bonds. The van der Waals surface area contributed by atoms with Crippen LogP contribution in [0.1, 0.15) is 30.4 Å². The molecule has 0 saturated heterocycles. The Hall–Kier alpha value is -2.88. The predicted molar refractivity (Wildman–Crippen MR) is 99.5 cm³/mol. The van der Waals surface area contributed by atoms with E-state index in [2.05, 4.69) is 83.2 Å². The maximum Gasteiger partial charge on any atom is 0.264 e. The van der Waals surface area contributed by atoms with Crippen molar-refractivity contribution in [1.82, 2.24) is 14.8 Å². The van der Waals surface area contributed by atoms with Gasteiger partial charge < -0.3 is 8.98 Å². The lowest BCUT2D eigenvalue weighted by molar-refractivity contribution is 0.498. The molecule has 0 radical (unpaired) electrons. The van der Waals surface area contributed by atoms with E-state index in [4.69, 9.17) is 4.42 Å². The van der Waals surface area contributed by atoms with Gasteiger partial charge in [-0.2, -0.15) is 0 Å². The molecule has 4 rings (SSSR count). The average Bonchev–Trinajstić information content (AvgIpc) is 3.22. The summed E-state index contributed by atoms with van der Waals surface area (Å²) in [6.45, 7) is 4.99. The molecule has 0 N–H and O–H groups in total. The fraction of sp³-hybridized carbons (Fsp3) is 0.238. The smallest absolute Gasteiger partial charge is 0.264 e. The molecule has 25 heavy (non-hydrogen) atoms. The van der Waals surface area contributed by atoms with Gasteiger partial charge in [-0.3, -0.25) is 0 Å². The molecule has 2 aromatic carbocycles. The summed E-state index contributed by atoms with van der Waals surface area (Å²) in [4.78, 5) is 0. The normalized spacial score (nSPS) is 11.3. The molecule has 0 bridgehead atoms. The molecule has 126 valence electrons. The molecule has 4 nitrogen and oxygen atoms in total. The Bertz CT molecular complexity index is 996. The summed E-state index contributed by atoms with van der Waals surface area (Å²) in [6, 6.07) is 19.1. The molecule has 0 aliphatic carbocycles. The average molecular weight is 331 g/mol. The minimum absolute atomic E-state index is 0.590.